The van der Waals surface area contributed by atoms with Crippen LogP contribution >= 0.6 is 0 Å². The molecule has 0 spiro atoms. The van der Waals surface area contributed by atoms with E-state index in [0.717, 1.165) is 41.7 Å². The van der Waals surface area contributed by atoms with Crippen LogP contribution in [0.3, 0.4) is 0 Å². The van der Waals surface area contributed by atoms with Crippen LogP contribution in [0, 0.1) is 0 Å². The molecule has 0 saturated carbocycles. The minimum absolute atomic E-state index is 0.114. The minimum atomic E-state index is -0.190. The molecule has 3 heterocycles. The number of nitrogens with one attached hydrogen (secondary N) is 1. The van der Waals surface area contributed by atoms with E-state index in [-0.39, 0.29) is 11.8 Å². The maximum absolute atomic E-state index is 13.0. The van der Waals surface area contributed by atoms with Gasteiger partial charge >= 0.3 is 0 Å². The number of fused-ring (bicyclic) bond motifs is 1. The van der Waals surface area contributed by atoms with Gasteiger partial charge in [0.05, 0.1) is 5.69 Å². The van der Waals surface area contributed by atoms with Crippen molar-refractivity contribution in [3.8, 4) is 0 Å². The van der Waals surface area contributed by atoms with E-state index in [1.807, 2.05) is 30.5 Å². The summed E-state index contributed by atoms with van der Waals surface area (Å²) in [6.07, 6.45) is 8.75. The number of hydrogen-bond donors (Lipinski definition) is 1. The van der Waals surface area contributed by atoms with E-state index in [9.17, 15) is 9.59 Å². The van der Waals surface area contributed by atoms with Gasteiger partial charge in [0, 0.05) is 66.2 Å². The van der Waals surface area contributed by atoms with E-state index in [1.165, 1.54) is 24.9 Å². The van der Waals surface area contributed by atoms with E-state index in [0.29, 0.717) is 18.5 Å². The average Bonchev–Trinajstić information content (AvgIpc) is 3.26. The zero-order chi connectivity index (χ0) is 21.2. The van der Waals surface area contributed by atoms with Gasteiger partial charge in [0.25, 0.3) is 5.91 Å². The first-order valence-electron chi connectivity index (χ1n) is 11.0. The van der Waals surface area contributed by atoms with Crippen LogP contribution < -0.4 is 15.1 Å². The van der Waals surface area contributed by atoms with Crippen LogP contribution in [-0.2, 0) is 4.79 Å². The summed E-state index contributed by atoms with van der Waals surface area (Å²) in [6.45, 7) is 2.83. The molecule has 31 heavy (non-hydrogen) atoms. The van der Waals surface area contributed by atoms with Gasteiger partial charge in [-0.3, -0.25) is 14.6 Å². The lowest BCUT2D eigenvalue weighted by Gasteiger charge is -2.30. The maximum atomic E-state index is 13.0. The molecule has 0 atom stereocenters. The highest BCUT2D eigenvalue weighted by Gasteiger charge is 2.22. The lowest BCUT2D eigenvalue weighted by Crippen LogP contribution is -2.29. The zero-order valence-electron chi connectivity index (χ0n) is 17.5. The Balaban J connectivity index is 1.43. The van der Waals surface area contributed by atoms with Gasteiger partial charge in [0.1, 0.15) is 0 Å². The van der Waals surface area contributed by atoms with Crippen molar-refractivity contribution in [1.29, 1.82) is 0 Å². The summed E-state index contributed by atoms with van der Waals surface area (Å²) in [6, 6.07) is 13.4. The van der Waals surface area contributed by atoms with Crippen molar-refractivity contribution < 1.29 is 9.59 Å². The van der Waals surface area contributed by atoms with Gasteiger partial charge in [-0.05, 0) is 62.1 Å². The molecule has 5 rings (SSSR count). The van der Waals surface area contributed by atoms with Crippen LogP contribution in [0.1, 0.15) is 42.5 Å². The summed E-state index contributed by atoms with van der Waals surface area (Å²) in [5, 5.41) is 5.10. The predicted molar refractivity (Wildman–Crippen MR) is 124 cm³/mol. The molecular formula is C25H26N4O2. The van der Waals surface area contributed by atoms with Crippen LogP contribution in [0.5, 0.6) is 0 Å². The molecule has 0 aliphatic carbocycles. The maximum Gasteiger partial charge on any atom is 0.255 e. The Morgan fingerprint density at radius 1 is 0.935 bits per heavy atom. The smallest absolute Gasteiger partial charge is 0.255 e. The van der Waals surface area contributed by atoms with Gasteiger partial charge < -0.3 is 15.1 Å². The molecule has 0 radical (unpaired) electrons. The van der Waals surface area contributed by atoms with Gasteiger partial charge in [0.15, 0.2) is 0 Å². The second-order valence-corrected chi connectivity index (χ2v) is 8.25. The molecule has 0 bridgehead atoms. The van der Waals surface area contributed by atoms with Crippen molar-refractivity contribution in [3.63, 3.8) is 0 Å². The highest BCUT2D eigenvalue weighted by Crippen LogP contribution is 2.33. The number of carbonyl (C=O) groups is 2. The van der Waals surface area contributed by atoms with Gasteiger partial charge in [0.2, 0.25) is 5.91 Å². The van der Waals surface area contributed by atoms with Gasteiger partial charge in [-0.15, -0.1) is 0 Å². The number of pyridine rings is 1. The Morgan fingerprint density at radius 2 is 1.81 bits per heavy atom. The van der Waals surface area contributed by atoms with Gasteiger partial charge in [-0.25, -0.2) is 0 Å². The first kappa shape index (κ1) is 19.5. The van der Waals surface area contributed by atoms with Crippen LogP contribution in [0.15, 0.2) is 54.9 Å². The second kappa shape index (κ2) is 8.38. The monoisotopic (exact) mass is 414 g/mol. The molecule has 2 aliphatic heterocycles. The fourth-order valence-corrected chi connectivity index (χ4v) is 4.62. The minimum Gasteiger partial charge on any atom is -0.371 e. The molecule has 6 heteroatoms. The molecule has 3 aromatic rings. The summed E-state index contributed by atoms with van der Waals surface area (Å²) < 4.78 is 0. The van der Waals surface area contributed by atoms with E-state index in [2.05, 4.69) is 21.3 Å². The Labute approximate surface area is 181 Å². The van der Waals surface area contributed by atoms with Crippen molar-refractivity contribution >= 4 is 39.6 Å². The van der Waals surface area contributed by atoms with Crippen LogP contribution in [0.2, 0.25) is 0 Å². The highest BCUT2D eigenvalue weighted by molar-refractivity contribution is 6.11. The third kappa shape index (κ3) is 3.85. The summed E-state index contributed by atoms with van der Waals surface area (Å²) >= 11 is 0. The molecule has 2 aromatic carbocycles. The Morgan fingerprint density at radius 3 is 2.61 bits per heavy atom. The Hall–Kier alpha value is -3.41. The summed E-state index contributed by atoms with van der Waals surface area (Å²) in [7, 11) is 0. The molecule has 1 aromatic heterocycles. The van der Waals surface area contributed by atoms with Gasteiger partial charge in [-0.1, -0.05) is 6.07 Å². The topological polar surface area (TPSA) is 65.5 Å². The molecule has 0 unspecified atom stereocenters. The highest BCUT2D eigenvalue weighted by atomic mass is 16.2. The number of piperidine rings is 1. The number of benzene rings is 2. The summed E-state index contributed by atoms with van der Waals surface area (Å²) in [4.78, 5) is 33.6. The third-order valence-electron chi connectivity index (χ3n) is 6.23. The Bertz CT molecular complexity index is 1140. The number of carbonyl (C=O) groups excluding carboxylic acids is 2. The van der Waals surface area contributed by atoms with Gasteiger partial charge in [-0.2, -0.15) is 0 Å². The Kier molecular flexibility index (Phi) is 5.28. The van der Waals surface area contributed by atoms with Crippen LogP contribution in [-0.4, -0.2) is 36.4 Å². The predicted octanol–water partition coefficient (Wildman–Crippen LogP) is 4.60. The normalized spacial score (nSPS) is 16.7. The quantitative estimate of drug-likeness (QED) is 0.677. The van der Waals surface area contributed by atoms with Crippen molar-refractivity contribution in [2.75, 3.05) is 34.8 Å². The fourth-order valence-electron chi connectivity index (χ4n) is 4.62. The standard InChI is InChI=1S/C25H26N4O2/c30-24-8-5-15-29(24)19-7-4-6-18(16-19)25(31)27-22-9-10-23(28-13-2-1-3-14-28)20-11-12-26-17-21(20)22/h4,6-7,9-12,16-17H,1-3,5,8,13-15H2,(H,27,31). The van der Waals surface area contributed by atoms with Crippen molar-refractivity contribution in [3.05, 3.63) is 60.4 Å². The fraction of sp³-hybridized carbons (Fsp3) is 0.320. The number of aromatic nitrogens is 1. The largest absolute Gasteiger partial charge is 0.371 e. The van der Waals surface area contributed by atoms with E-state index < -0.39 is 0 Å². The number of nitrogens with zero attached hydrogens (tertiary/aromatic N) is 3. The molecule has 1 N–H and O–H groups in total. The van der Waals surface area contributed by atoms with E-state index >= 15 is 0 Å². The van der Waals surface area contributed by atoms with Crippen LogP contribution in [0.4, 0.5) is 17.1 Å². The molecule has 2 aliphatic rings. The van der Waals surface area contributed by atoms with Crippen LogP contribution in [0.25, 0.3) is 10.8 Å². The van der Waals surface area contributed by atoms with Crippen molar-refractivity contribution in [1.82, 2.24) is 4.98 Å². The number of hydrogen-bond acceptors (Lipinski definition) is 4. The second-order valence-electron chi connectivity index (χ2n) is 8.25. The van der Waals surface area contributed by atoms with Crippen molar-refractivity contribution in [2.24, 2.45) is 0 Å². The van der Waals surface area contributed by atoms with E-state index in [1.54, 1.807) is 23.2 Å². The SMILES string of the molecule is O=C(Nc1ccc(N2CCCCC2)c2ccncc12)c1cccc(N2CCCC2=O)c1. The zero-order valence-corrected chi connectivity index (χ0v) is 17.5. The number of rotatable bonds is 4. The molecule has 2 fully saturated rings. The molecule has 2 amide bonds. The first-order valence-corrected chi connectivity index (χ1v) is 11.0. The van der Waals surface area contributed by atoms with Crippen molar-refractivity contribution in [2.45, 2.75) is 32.1 Å². The third-order valence-corrected chi connectivity index (χ3v) is 6.23. The molecular weight excluding hydrogens is 388 g/mol. The molecule has 158 valence electrons. The molecule has 6 nitrogen and oxygen atoms in total. The summed E-state index contributed by atoms with van der Waals surface area (Å²) in [5.74, 6) is -0.0766. The summed E-state index contributed by atoms with van der Waals surface area (Å²) in [5.41, 5.74) is 3.26. The van der Waals surface area contributed by atoms with E-state index in [4.69, 9.17) is 0 Å². The number of amides is 2. The molecule has 2 saturated heterocycles. The lowest BCUT2D eigenvalue weighted by atomic mass is 10.0. The average molecular weight is 415 g/mol. The first-order chi connectivity index (χ1) is 15.2. The number of anilines is 3. The lowest BCUT2D eigenvalue weighted by molar-refractivity contribution is -0.117.